The number of hydrogen-bond acceptors (Lipinski definition) is 3. The summed E-state index contributed by atoms with van der Waals surface area (Å²) in [5.74, 6) is -2.29. The predicted molar refractivity (Wildman–Crippen MR) is 84.5 cm³/mol. The van der Waals surface area contributed by atoms with Gasteiger partial charge in [-0.05, 0) is 48.9 Å². The fourth-order valence-electron chi connectivity index (χ4n) is 2.07. The lowest BCUT2D eigenvalue weighted by atomic mass is 10.1. The van der Waals surface area contributed by atoms with E-state index in [2.05, 4.69) is 15.4 Å². The van der Waals surface area contributed by atoms with E-state index >= 15 is 0 Å². The van der Waals surface area contributed by atoms with Crippen molar-refractivity contribution in [2.24, 2.45) is 0 Å². The molecule has 0 fully saturated rings. The Morgan fingerprint density at radius 2 is 1.76 bits per heavy atom. The molecule has 0 bridgehead atoms. The van der Waals surface area contributed by atoms with E-state index in [1.54, 1.807) is 6.92 Å². The zero-order chi connectivity index (χ0) is 18.4. The third-order valence-corrected chi connectivity index (χ3v) is 3.38. The summed E-state index contributed by atoms with van der Waals surface area (Å²) in [6, 6.07) is 8.60. The van der Waals surface area contributed by atoms with Gasteiger partial charge in [0, 0.05) is 11.7 Å². The molecule has 0 aliphatic heterocycles. The smallest absolute Gasteiger partial charge is 0.387 e. The molecule has 0 radical (unpaired) electrons. The van der Waals surface area contributed by atoms with E-state index in [9.17, 15) is 22.4 Å². The lowest BCUT2D eigenvalue weighted by Crippen LogP contribution is -2.30. The molecule has 0 aromatic heterocycles. The van der Waals surface area contributed by atoms with Crippen LogP contribution in [0.3, 0.4) is 0 Å². The van der Waals surface area contributed by atoms with Gasteiger partial charge < -0.3 is 15.4 Å². The molecule has 25 heavy (non-hydrogen) atoms. The van der Waals surface area contributed by atoms with Gasteiger partial charge in [-0.1, -0.05) is 6.07 Å². The molecule has 2 rings (SSSR count). The van der Waals surface area contributed by atoms with Gasteiger partial charge in [0.1, 0.15) is 5.75 Å². The minimum absolute atomic E-state index is 0.0157. The van der Waals surface area contributed by atoms with Crippen molar-refractivity contribution in [1.29, 1.82) is 0 Å². The highest BCUT2D eigenvalue weighted by molar-refractivity contribution is 5.92. The van der Waals surface area contributed by atoms with Crippen molar-refractivity contribution in [3.8, 4) is 5.75 Å². The molecule has 1 atom stereocenters. The molecule has 134 valence electrons. The average molecular weight is 356 g/mol. The minimum Gasteiger partial charge on any atom is -0.435 e. The molecule has 0 spiro atoms. The highest BCUT2D eigenvalue weighted by Gasteiger charge is 2.11. The van der Waals surface area contributed by atoms with Gasteiger partial charge >= 0.3 is 6.61 Å². The molecule has 0 unspecified atom stereocenters. The molecular weight excluding hydrogens is 340 g/mol. The first-order valence-corrected chi connectivity index (χ1v) is 7.38. The summed E-state index contributed by atoms with van der Waals surface area (Å²) in [6.45, 7) is -1.28. The Bertz CT molecular complexity index is 723. The number of anilines is 1. The molecule has 8 heteroatoms. The summed E-state index contributed by atoms with van der Waals surface area (Å²) in [4.78, 5) is 11.9. The first-order valence-electron chi connectivity index (χ1n) is 7.38. The van der Waals surface area contributed by atoms with Crippen molar-refractivity contribution in [2.45, 2.75) is 19.6 Å². The van der Waals surface area contributed by atoms with Crippen LogP contribution in [0.5, 0.6) is 5.75 Å². The normalized spacial score (nSPS) is 12.1. The number of benzene rings is 2. The van der Waals surface area contributed by atoms with Gasteiger partial charge in [0.15, 0.2) is 11.6 Å². The number of alkyl halides is 2. The van der Waals surface area contributed by atoms with Gasteiger partial charge in [-0.3, -0.25) is 4.79 Å². The largest absolute Gasteiger partial charge is 0.435 e. The molecule has 2 N–H and O–H groups in total. The molecular formula is C17H16F4N2O2. The maximum atomic E-state index is 13.2. The van der Waals surface area contributed by atoms with Gasteiger partial charge in [-0.15, -0.1) is 0 Å². The number of hydrogen-bond donors (Lipinski definition) is 2. The highest BCUT2D eigenvalue weighted by Crippen LogP contribution is 2.18. The second-order valence-corrected chi connectivity index (χ2v) is 5.23. The Hall–Kier alpha value is -2.61. The van der Waals surface area contributed by atoms with Gasteiger partial charge in [0.05, 0.1) is 6.54 Å². The monoisotopic (exact) mass is 356 g/mol. The van der Waals surface area contributed by atoms with Crippen LogP contribution in [0.4, 0.5) is 23.2 Å². The molecule has 0 saturated carbocycles. The van der Waals surface area contributed by atoms with Crippen LogP contribution < -0.4 is 15.4 Å². The Morgan fingerprint density at radius 1 is 1.08 bits per heavy atom. The molecule has 4 nitrogen and oxygen atoms in total. The number of carbonyl (C=O) groups is 1. The first kappa shape index (κ1) is 18.7. The third-order valence-electron chi connectivity index (χ3n) is 3.38. The van der Waals surface area contributed by atoms with Gasteiger partial charge in [0.25, 0.3) is 0 Å². The second-order valence-electron chi connectivity index (χ2n) is 5.23. The molecule has 0 heterocycles. The standard InChI is InChI=1S/C17H16F4N2O2/c1-10(11-2-7-14(18)15(19)8-11)22-9-16(24)23-12-3-5-13(6-4-12)25-17(20)21/h2-8,10,17,22H,9H2,1H3,(H,23,24)/t10-/m1/s1. The molecule has 0 aliphatic rings. The number of nitrogens with one attached hydrogen (secondary N) is 2. The molecule has 1 amide bonds. The van der Waals surface area contributed by atoms with E-state index in [0.717, 1.165) is 12.1 Å². The molecule has 2 aromatic carbocycles. The maximum Gasteiger partial charge on any atom is 0.387 e. The third kappa shape index (κ3) is 5.75. The zero-order valence-electron chi connectivity index (χ0n) is 13.2. The number of rotatable bonds is 7. The summed E-state index contributed by atoms with van der Waals surface area (Å²) in [6.07, 6.45) is 0. The Labute approximate surface area is 141 Å². The number of halogens is 4. The average Bonchev–Trinajstić information content (AvgIpc) is 2.56. The summed E-state index contributed by atoms with van der Waals surface area (Å²) in [5, 5.41) is 5.45. The fourth-order valence-corrected chi connectivity index (χ4v) is 2.07. The van der Waals surface area contributed by atoms with E-state index < -0.39 is 18.2 Å². The van der Waals surface area contributed by atoms with Crippen LogP contribution in [-0.4, -0.2) is 19.1 Å². The van der Waals surface area contributed by atoms with Gasteiger partial charge in [-0.2, -0.15) is 8.78 Å². The number of ether oxygens (including phenoxy) is 1. The van der Waals surface area contributed by atoms with E-state index in [4.69, 9.17) is 0 Å². The number of amides is 1. The first-order chi connectivity index (χ1) is 11.8. The van der Waals surface area contributed by atoms with Crippen LogP contribution >= 0.6 is 0 Å². The fraction of sp³-hybridized carbons (Fsp3) is 0.235. The number of carbonyl (C=O) groups excluding carboxylic acids is 1. The van der Waals surface area contributed by atoms with Crippen molar-refractivity contribution in [3.63, 3.8) is 0 Å². The Balaban J connectivity index is 1.84. The van der Waals surface area contributed by atoms with E-state index in [1.165, 1.54) is 30.3 Å². The van der Waals surface area contributed by atoms with E-state index in [0.29, 0.717) is 11.3 Å². The summed E-state index contributed by atoms with van der Waals surface area (Å²) in [5.41, 5.74) is 0.911. The van der Waals surface area contributed by atoms with E-state index in [1.807, 2.05) is 0 Å². The van der Waals surface area contributed by atoms with Gasteiger partial charge in [-0.25, -0.2) is 8.78 Å². The summed E-state index contributed by atoms with van der Waals surface area (Å²) in [7, 11) is 0. The van der Waals surface area contributed by atoms with Crippen molar-refractivity contribution in [1.82, 2.24) is 5.32 Å². The van der Waals surface area contributed by atoms with Crippen molar-refractivity contribution in [2.75, 3.05) is 11.9 Å². The van der Waals surface area contributed by atoms with Crippen LogP contribution in [0.15, 0.2) is 42.5 Å². The lowest BCUT2D eigenvalue weighted by Gasteiger charge is -2.14. The Kier molecular flexibility index (Phi) is 6.35. The summed E-state index contributed by atoms with van der Waals surface area (Å²) >= 11 is 0. The SMILES string of the molecule is C[C@@H](NCC(=O)Nc1ccc(OC(F)F)cc1)c1ccc(F)c(F)c1. The predicted octanol–water partition coefficient (Wildman–Crippen LogP) is 3.86. The Morgan fingerprint density at radius 3 is 2.36 bits per heavy atom. The molecule has 2 aromatic rings. The highest BCUT2D eigenvalue weighted by atomic mass is 19.3. The minimum atomic E-state index is -2.91. The van der Waals surface area contributed by atoms with Crippen molar-refractivity contribution >= 4 is 11.6 Å². The topological polar surface area (TPSA) is 50.4 Å². The molecule has 0 aliphatic carbocycles. The molecule has 0 saturated heterocycles. The van der Waals surface area contributed by atoms with Crippen molar-refractivity contribution < 1.29 is 27.1 Å². The van der Waals surface area contributed by atoms with Crippen molar-refractivity contribution in [3.05, 3.63) is 59.7 Å². The van der Waals surface area contributed by atoms with E-state index in [-0.39, 0.29) is 24.2 Å². The second kappa shape index (κ2) is 8.48. The summed E-state index contributed by atoms with van der Waals surface area (Å²) < 4.78 is 54.4. The van der Waals surface area contributed by atoms with Crippen LogP contribution in [0.2, 0.25) is 0 Å². The lowest BCUT2D eigenvalue weighted by molar-refractivity contribution is -0.115. The maximum absolute atomic E-state index is 13.2. The van der Waals surface area contributed by atoms with Crippen LogP contribution in [0, 0.1) is 11.6 Å². The zero-order valence-corrected chi connectivity index (χ0v) is 13.2. The van der Waals surface area contributed by atoms with Crippen LogP contribution in [-0.2, 0) is 4.79 Å². The van der Waals surface area contributed by atoms with Gasteiger partial charge in [0.2, 0.25) is 5.91 Å². The van der Waals surface area contributed by atoms with Crippen LogP contribution in [0.25, 0.3) is 0 Å². The quantitative estimate of drug-likeness (QED) is 0.741. The van der Waals surface area contributed by atoms with Crippen LogP contribution in [0.1, 0.15) is 18.5 Å².